The fourth-order valence-corrected chi connectivity index (χ4v) is 3.11. The Hall–Kier alpha value is -1.06. The summed E-state index contributed by atoms with van der Waals surface area (Å²) in [5.74, 6) is -0.111. The molecule has 4 nitrogen and oxygen atoms in total. The second kappa shape index (κ2) is 4.67. The average Bonchev–Trinajstić information content (AvgIpc) is 2.96. The van der Waals surface area contributed by atoms with E-state index in [9.17, 15) is 9.59 Å². The lowest BCUT2D eigenvalue weighted by atomic mass is 9.87. The summed E-state index contributed by atoms with van der Waals surface area (Å²) in [4.78, 5) is 25.9. The summed E-state index contributed by atoms with van der Waals surface area (Å²) in [5, 5.41) is 0. The first-order valence-electron chi connectivity index (χ1n) is 6.47. The van der Waals surface area contributed by atoms with E-state index >= 15 is 0 Å². The molecule has 1 heterocycles. The summed E-state index contributed by atoms with van der Waals surface area (Å²) < 4.78 is 4.78. The predicted molar refractivity (Wildman–Crippen MR) is 63.3 cm³/mol. The Kier molecular flexibility index (Phi) is 3.40. The summed E-state index contributed by atoms with van der Waals surface area (Å²) in [6.45, 7) is 2.74. The predicted octanol–water partition coefficient (Wildman–Crippen LogP) is 1.73. The minimum Gasteiger partial charge on any atom is -0.467 e. The molecule has 96 valence electrons. The number of hydrogen-bond acceptors (Lipinski definition) is 3. The van der Waals surface area contributed by atoms with Crippen molar-refractivity contribution in [1.29, 1.82) is 0 Å². The van der Waals surface area contributed by atoms with Crippen LogP contribution < -0.4 is 0 Å². The van der Waals surface area contributed by atoms with Gasteiger partial charge in [-0.2, -0.15) is 0 Å². The van der Waals surface area contributed by atoms with E-state index < -0.39 is 0 Å². The van der Waals surface area contributed by atoms with Gasteiger partial charge >= 0.3 is 5.97 Å². The van der Waals surface area contributed by atoms with E-state index in [1.165, 1.54) is 7.11 Å². The van der Waals surface area contributed by atoms with Crippen LogP contribution in [-0.4, -0.2) is 36.5 Å². The topological polar surface area (TPSA) is 46.6 Å². The van der Waals surface area contributed by atoms with Gasteiger partial charge in [0.2, 0.25) is 5.91 Å². The number of esters is 1. The van der Waals surface area contributed by atoms with E-state index in [0.717, 1.165) is 38.5 Å². The molecular weight excluding hydrogens is 218 g/mol. The fourth-order valence-electron chi connectivity index (χ4n) is 3.11. The number of carbonyl (C=O) groups is 2. The quantitative estimate of drug-likeness (QED) is 0.689. The van der Waals surface area contributed by atoms with Gasteiger partial charge in [0.15, 0.2) is 0 Å². The van der Waals surface area contributed by atoms with Gasteiger partial charge < -0.3 is 9.64 Å². The molecule has 17 heavy (non-hydrogen) atoms. The molecule has 1 saturated carbocycles. The number of ether oxygens (including phenoxy) is 1. The Morgan fingerprint density at radius 3 is 2.47 bits per heavy atom. The normalized spacial score (nSPS) is 27.2. The molecule has 1 amide bonds. The highest BCUT2D eigenvalue weighted by Crippen LogP contribution is 2.40. The monoisotopic (exact) mass is 239 g/mol. The van der Waals surface area contributed by atoms with Crippen LogP contribution in [0.2, 0.25) is 0 Å². The molecular formula is C13H21NO3. The number of methoxy groups -OCH3 is 1. The third-order valence-corrected chi connectivity index (χ3v) is 4.21. The lowest BCUT2D eigenvalue weighted by Crippen LogP contribution is -2.47. The number of likely N-dealkylation sites (tertiary alicyclic amines) is 1. The van der Waals surface area contributed by atoms with Gasteiger partial charge in [0.1, 0.15) is 6.04 Å². The Balaban J connectivity index is 2.10. The summed E-state index contributed by atoms with van der Waals surface area (Å²) in [6, 6.07) is -0.343. The van der Waals surface area contributed by atoms with Crippen LogP contribution in [0.1, 0.15) is 45.4 Å². The maximum atomic E-state index is 12.5. The van der Waals surface area contributed by atoms with Gasteiger partial charge in [0, 0.05) is 12.0 Å². The van der Waals surface area contributed by atoms with Gasteiger partial charge in [-0.1, -0.05) is 19.8 Å². The molecule has 1 aliphatic heterocycles. The van der Waals surface area contributed by atoms with Crippen LogP contribution in [0.3, 0.4) is 0 Å². The summed E-state index contributed by atoms with van der Waals surface area (Å²) in [7, 11) is 1.39. The van der Waals surface area contributed by atoms with E-state index in [1.807, 2.05) is 6.92 Å². The van der Waals surface area contributed by atoms with Crippen molar-refractivity contribution in [3.8, 4) is 0 Å². The highest BCUT2D eigenvalue weighted by molar-refractivity contribution is 5.88. The number of nitrogens with zero attached hydrogens (tertiary/aromatic N) is 1. The second-order valence-corrected chi connectivity index (χ2v) is 5.45. The van der Waals surface area contributed by atoms with Crippen LogP contribution in [0.25, 0.3) is 0 Å². The number of rotatable bonds is 2. The first-order valence-corrected chi connectivity index (χ1v) is 6.47. The molecule has 0 aromatic heterocycles. The molecule has 1 aliphatic carbocycles. The van der Waals surface area contributed by atoms with Crippen LogP contribution in [0.5, 0.6) is 0 Å². The molecule has 2 rings (SSSR count). The van der Waals surface area contributed by atoms with Crippen molar-refractivity contribution in [3.63, 3.8) is 0 Å². The third kappa shape index (κ3) is 2.17. The van der Waals surface area contributed by atoms with Gasteiger partial charge in [-0.15, -0.1) is 0 Å². The zero-order valence-electron chi connectivity index (χ0n) is 10.7. The van der Waals surface area contributed by atoms with E-state index in [1.54, 1.807) is 4.90 Å². The number of hydrogen-bond donors (Lipinski definition) is 0. The lowest BCUT2D eigenvalue weighted by Gasteiger charge is -2.31. The Morgan fingerprint density at radius 1 is 1.24 bits per heavy atom. The van der Waals surface area contributed by atoms with E-state index in [2.05, 4.69) is 0 Å². The van der Waals surface area contributed by atoms with Crippen LogP contribution >= 0.6 is 0 Å². The van der Waals surface area contributed by atoms with Gasteiger partial charge in [-0.25, -0.2) is 4.79 Å². The van der Waals surface area contributed by atoms with Crippen molar-refractivity contribution in [3.05, 3.63) is 0 Å². The van der Waals surface area contributed by atoms with Crippen LogP contribution in [-0.2, 0) is 14.3 Å². The second-order valence-electron chi connectivity index (χ2n) is 5.45. The molecule has 4 heteroatoms. The van der Waals surface area contributed by atoms with Crippen LogP contribution in [0, 0.1) is 5.41 Å². The smallest absolute Gasteiger partial charge is 0.328 e. The first-order chi connectivity index (χ1) is 8.08. The maximum absolute atomic E-state index is 12.5. The van der Waals surface area contributed by atoms with Gasteiger partial charge in [-0.3, -0.25) is 4.79 Å². The van der Waals surface area contributed by atoms with Crippen LogP contribution in [0.15, 0.2) is 0 Å². The van der Waals surface area contributed by atoms with E-state index in [-0.39, 0.29) is 23.3 Å². The van der Waals surface area contributed by atoms with Crippen molar-refractivity contribution >= 4 is 11.9 Å². The molecule has 0 aromatic carbocycles. The average molecular weight is 239 g/mol. The Morgan fingerprint density at radius 2 is 1.88 bits per heavy atom. The largest absolute Gasteiger partial charge is 0.467 e. The molecule has 2 fully saturated rings. The van der Waals surface area contributed by atoms with Crippen molar-refractivity contribution in [2.24, 2.45) is 5.41 Å². The SMILES string of the molecule is COC(=O)C1CCCN1C(=O)C1(C)CCCC1. The Labute approximate surface area is 102 Å². The van der Waals surface area contributed by atoms with Crippen LogP contribution in [0.4, 0.5) is 0 Å². The van der Waals surface area contributed by atoms with Crippen molar-refractivity contribution in [2.45, 2.75) is 51.5 Å². The fraction of sp³-hybridized carbons (Fsp3) is 0.846. The van der Waals surface area contributed by atoms with Crippen molar-refractivity contribution in [2.75, 3.05) is 13.7 Å². The molecule has 1 atom stereocenters. The highest BCUT2D eigenvalue weighted by atomic mass is 16.5. The molecule has 1 unspecified atom stereocenters. The highest BCUT2D eigenvalue weighted by Gasteiger charge is 2.44. The van der Waals surface area contributed by atoms with Gasteiger partial charge in [0.05, 0.1) is 7.11 Å². The molecule has 0 radical (unpaired) electrons. The number of amides is 1. The molecule has 0 N–H and O–H groups in total. The maximum Gasteiger partial charge on any atom is 0.328 e. The summed E-state index contributed by atoms with van der Waals surface area (Å²) in [6.07, 6.45) is 5.81. The zero-order valence-corrected chi connectivity index (χ0v) is 10.7. The lowest BCUT2D eigenvalue weighted by molar-refractivity contribution is -0.154. The zero-order chi connectivity index (χ0) is 12.5. The van der Waals surface area contributed by atoms with E-state index in [0.29, 0.717) is 6.54 Å². The van der Waals surface area contributed by atoms with Crippen molar-refractivity contribution < 1.29 is 14.3 Å². The Bertz CT molecular complexity index is 321. The van der Waals surface area contributed by atoms with Gasteiger partial charge in [-0.05, 0) is 25.7 Å². The molecule has 0 spiro atoms. The minimum atomic E-state index is -0.343. The first kappa shape index (κ1) is 12.4. The summed E-state index contributed by atoms with van der Waals surface area (Å²) in [5.41, 5.74) is -0.239. The molecule has 0 bridgehead atoms. The standard InChI is InChI=1S/C13H21NO3/c1-13(7-3-4-8-13)12(16)14-9-5-6-10(14)11(15)17-2/h10H,3-9H2,1-2H3. The molecule has 0 aromatic rings. The third-order valence-electron chi connectivity index (χ3n) is 4.21. The van der Waals surface area contributed by atoms with Crippen molar-refractivity contribution in [1.82, 2.24) is 4.90 Å². The molecule has 2 aliphatic rings. The van der Waals surface area contributed by atoms with Gasteiger partial charge in [0.25, 0.3) is 0 Å². The minimum absolute atomic E-state index is 0.155. The number of carbonyl (C=O) groups excluding carboxylic acids is 2. The summed E-state index contributed by atoms with van der Waals surface area (Å²) >= 11 is 0. The van der Waals surface area contributed by atoms with E-state index in [4.69, 9.17) is 4.74 Å². The molecule has 1 saturated heterocycles.